The summed E-state index contributed by atoms with van der Waals surface area (Å²) in [5, 5.41) is 11.0. The van der Waals surface area contributed by atoms with E-state index in [0.29, 0.717) is 29.6 Å². The van der Waals surface area contributed by atoms with Gasteiger partial charge >= 0.3 is 0 Å². The van der Waals surface area contributed by atoms with Crippen molar-refractivity contribution in [1.29, 1.82) is 0 Å². The van der Waals surface area contributed by atoms with Gasteiger partial charge in [0.25, 0.3) is 11.6 Å². The Balaban J connectivity index is 2.27. The molecule has 0 aliphatic heterocycles. The molecule has 0 unspecified atom stereocenters. The number of rotatable bonds is 5. The minimum atomic E-state index is -0.435. The Labute approximate surface area is 118 Å². The lowest BCUT2D eigenvalue weighted by Gasteiger charge is -2.24. The number of nitro benzene ring substituents is 1. The summed E-state index contributed by atoms with van der Waals surface area (Å²) in [4.78, 5) is 24.9. The number of hydrogen-bond donors (Lipinski definition) is 0. The number of nitro groups is 1. The molecule has 0 radical (unpaired) electrons. The molecule has 1 aromatic carbocycles. The zero-order valence-electron chi connectivity index (χ0n) is 12.1. The van der Waals surface area contributed by atoms with E-state index in [4.69, 9.17) is 0 Å². The Kier molecular flexibility index (Phi) is 4.06. The lowest BCUT2D eigenvalue weighted by molar-refractivity contribution is -0.385. The predicted octanol–water partition coefficient (Wildman–Crippen LogP) is 3.16. The van der Waals surface area contributed by atoms with Gasteiger partial charge in [0.1, 0.15) is 0 Å². The Morgan fingerprint density at radius 1 is 1.45 bits per heavy atom. The van der Waals surface area contributed by atoms with E-state index in [1.807, 2.05) is 4.90 Å². The van der Waals surface area contributed by atoms with E-state index in [9.17, 15) is 14.9 Å². The third-order valence-electron chi connectivity index (χ3n) is 3.46. The summed E-state index contributed by atoms with van der Waals surface area (Å²) in [6, 6.07) is 5.03. The van der Waals surface area contributed by atoms with Crippen molar-refractivity contribution in [1.82, 2.24) is 4.90 Å². The van der Waals surface area contributed by atoms with Gasteiger partial charge in [0, 0.05) is 29.8 Å². The van der Waals surface area contributed by atoms with Crippen LogP contribution in [0.5, 0.6) is 0 Å². The normalized spacial score (nSPS) is 14.4. The molecule has 20 heavy (non-hydrogen) atoms. The van der Waals surface area contributed by atoms with Crippen LogP contribution in [0.15, 0.2) is 18.2 Å². The molecule has 1 amide bonds. The summed E-state index contributed by atoms with van der Waals surface area (Å²) >= 11 is 0. The second kappa shape index (κ2) is 5.61. The van der Waals surface area contributed by atoms with Crippen LogP contribution in [0, 0.1) is 23.0 Å². The van der Waals surface area contributed by atoms with E-state index in [0.717, 1.165) is 12.8 Å². The van der Waals surface area contributed by atoms with Gasteiger partial charge in [-0.1, -0.05) is 19.9 Å². The van der Waals surface area contributed by atoms with Crippen LogP contribution in [0.1, 0.15) is 42.6 Å². The van der Waals surface area contributed by atoms with E-state index in [1.54, 1.807) is 19.1 Å². The summed E-state index contributed by atoms with van der Waals surface area (Å²) < 4.78 is 0. The van der Waals surface area contributed by atoms with Crippen LogP contribution >= 0.6 is 0 Å². The van der Waals surface area contributed by atoms with Crippen molar-refractivity contribution in [3.8, 4) is 0 Å². The van der Waals surface area contributed by atoms with Gasteiger partial charge in [-0.25, -0.2) is 0 Å². The minimum Gasteiger partial charge on any atom is -0.335 e. The van der Waals surface area contributed by atoms with Crippen LogP contribution in [0.25, 0.3) is 0 Å². The molecule has 5 nitrogen and oxygen atoms in total. The Morgan fingerprint density at radius 2 is 2.10 bits per heavy atom. The van der Waals surface area contributed by atoms with Gasteiger partial charge in [-0.15, -0.1) is 0 Å². The number of hydrogen-bond acceptors (Lipinski definition) is 3. The molecule has 1 aliphatic rings. The molecule has 0 aromatic heterocycles. The Hall–Kier alpha value is -1.91. The molecule has 1 saturated carbocycles. The third kappa shape index (κ3) is 3.15. The van der Waals surface area contributed by atoms with Crippen LogP contribution in [0.4, 0.5) is 5.69 Å². The summed E-state index contributed by atoms with van der Waals surface area (Å²) in [7, 11) is 0. The maximum Gasteiger partial charge on any atom is 0.273 e. The Morgan fingerprint density at radius 3 is 2.60 bits per heavy atom. The molecular weight excluding hydrogens is 256 g/mol. The zero-order chi connectivity index (χ0) is 14.9. The van der Waals surface area contributed by atoms with Gasteiger partial charge < -0.3 is 4.90 Å². The van der Waals surface area contributed by atoms with Crippen LogP contribution in [0.3, 0.4) is 0 Å². The number of carbonyl (C=O) groups excluding carboxylic acids is 1. The third-order valence-corrected chi connectivity index (χ3v) is 3.46. The maximum absolute atomic E-state index is 12.6. The maximum atomic E-state index is 12.6. The highest BCUT2D eigenvalue weighted by atomic mass is 16.6. The SMILES string of the molecule is Cc1ccc(C(=O)N(CC(C)C)C2CC2)cc1[N+](=O)[O-]. The summed E-state index contributed by atoms with van der Waals surface area (Å²) in [5.41, 5.74) is 0.999. The summed E-state index contributed by atoms with van der Waals surface area (Å²) in [6.07, 6.45) is 2.07. The molecule has 5 heteroatoms. The highest BCUT2D eigenvalue weighted by Crippen LogP contribution is 2.30. The average Bonchev–Trinajstić information content (AvgIpc) is 3.19. The van der Waals surface area contributed by atoms with Gasteiger partial charge in [-0.05, 0) is 31.7 Å². The smallest absolute Gasteiger partial charge is 0.273 e. The molecule has 1 aliphatic carbocycles. The van der Waals surface area contributed by atoms with Crippen LogP contribution in [-0.4, -0.2) is 28.3 Å². The number of benzene rings is 1. The lowest BCUT2D eigenvalue weighted by Crippen LogP contribution is -2.36. The highest BCUT2D eigenvalue weighted by Gasteiger charge is 2.33. The molecular formula is C15H20N2O3. The van der Waals surface area contributed by atoms with Crippen molar-refractivity contribution in [3.63, 3.8) is 0 Å². The molecule has 0 N–H and O–H groups in total. The standard InChI is InChI=1S/C15H20N2O3/c1-10(2)9-16(13-6-7-13)15(18)12-5-4-11(3)14(8-12)17(19)20/h4-5,8,10,13H,6-7,9H2,1-3H3. The number of carbonyl (C=O) groups is 1. The first kappa shape index (κ1) is 14.5. The van der Waals surface area contributed by atoms with E-state index < -0.39 is 4.92 Å². The van der Waals surface area contributed by atoms with E-state index in [2.05, 4.69) is 13.8 Å². The summed E-state index contributed by atoms with van der Waals surface area (Å²) in [6.45, 7) is 6.52. The highest BCUT2D eigenvalue weighted by molar-refractivity contribution is 5.95. The molecule has 1 aromatic rings. The molecule has 0 atom stereocenters. The van der Waals surface area contributed by atoms with E-state index in [-0.39, 0.29) is 11.6 Å². The number of amides is 1. The van der Waals surface area contributed by atoms with Crippen LogP contribution in [-0.2, 0) is 0 Å². The second-order valence-electron chi connectivity index (χ2n) is 5.84. The van der Waals surface area contributed by atoms with Gasteiger partial charge in [0.05, 0.1) is 4.92 Å². The molecule has 1 fully saturated rings. The van der Waals surface area contributed by atoms with Gasteiger partial charge in [0.15, 0.2) is 0 Å². The van der Waals surface area contributed by atoms with E-state index in [1.165, 1.54) is 6.07 Å². The van der Waals surface area contributed by atoms with Crippen molar-refractivity contribution < 1.29 is 9.72 Å². The quantitative estimate of drug-likeness (QED) is 0.613. The topological polar surface area (TPSA) is 63.5 Å². The fourth-order valence-corrected chi connectivity index (χ4v) is 2.28. The monoisotopic (exact) mass is 276 g/mol. The molecule has 108 valence electrons. The van der Waals surface area contributed by atoms with Crippen molar-refractivity contribution in [2.45, 2.75) is 39.7 Å². The predicted molar refractivity (Wildman–Crippen MR) is 76.7 cm³/mol. The Bertz CT molecular complexity index is 536. The van der Waals surface area contributed by atoms with Crippen molar-refractivity contribution in [2.75, 3.05) is 6.54 Å². The molecule has 2 rings (SSSR count). The lowest BCUT2D eigenvalue weighted by atomic mass is 10.1. The number of nitrogens with zero attached hydrogens (tertiary/aromatic N) is 2. The first-order valence-electron chi connectivity index (χ1n) is 6.96. The van der Waals surface area contributed by atoms with Crippen molar-refractivity contribution in [3.05, 3.63) is 39.4 Å². The second-order valence-corrected chi connectivity index (χ2v) is 5.84. The first-order valence-corrected chi connectivity index (χ1v) is 6.96. The largest absolute Gasteiger partial charge is 0.335 e. The average molecular weight is 276 g/mol. The van der Waals surface area contributed by atoms with Gasteiger partial charge in [-0.3, -0.25) is 14.9 Å². The van der Waals surface area contributed by atoms with Crippen molar-refractivity contribution in [2.24, 2.45) is 5.92 Å². The first-order chi connectivity index (χ1) is 9.40. The minimum absolute atomic E-state index is 0.0103. The molecule has 0 saturated heterocycles. The zero-order valence-corrected chi connectivity index (χ0v) is 12.1. The van der Waals surface area contributed by atoms with E-state index >= 15 is 0 Å². The fraction of sp³-hybridized carbons (Fsp3) is 0.533. The molecule has 0 spiro atoms. The van der Waals surface area contributed by atoms with Crippen LogP contribution < -0.4 is 0 Å². The van der Waals surface area contributed by atoms with Crippen LogP contribution in [0.2, 0.25) is 0 Å². The van der Waals surface area contributed by atoms with Gasteiger partial charge in [0.2, 0.25) is 0 Å². The fourth-order valence-electron chi connectivity index (χ4n) is 2.28. The number of aryl methyl sites for hydroxylation is 1. The molecule has 0 heterocycles. The van der Waals surface area contributed by atoms with Gasteiger partial charge in [-0.2, -0.15) is 0 Å². The summed E-state index contributed by atoms with van der Waals surface area (Å²) in [5.74, 6) is 0.296. The van der Waals surface area contributed by atoms with Crippen molar-refractivity contribution >= 4 is 11.6 Å². The molecule has 0 bridgehead atoms.